The Labute approximate surface area is 106 Å². The fourth-order valence-electron chi connectivity index (χ4n) is 1.60. The fraction of sp³-hybridized carbons (Fsp3) is 0.462. The molecule has 1 N–H and O–H groups in total. The van der Waals surface area contributed by atoms with E-state index in [0.717, 1.165) is 23.3 Å². The Hall–Kier alpha value is -1.00. The Morgan fingerprint density at radius 3 is 2.59 bits per heavy atom. The first kappa shape index (κ1) is 12.5. The van der Waals surface area contributed by atoms with Gasteiger partial charge in [-0.15, -0.1) is 11.8 Å². The zero-order valence-electron chi connectivity index (χ0n) is 9.93. The highest BCUT2D eigenvalue weighted by Crippen LogP contribution is 2.27. The molecule has 92 valence electrons. The Kier molecular flexibility index (Phi) is 4.07. The lowest BCUT2D eigenvalue weighted by Crippen LogP contribution is -2.30. The number of rotatable bonds is 5. The molecule has 0 radical (unpaired) electrons. The van der Waals surface area contributed by atoms with Crippen LogP contribution >= 0.6 is 11.8 Å². The molecular formula is C13H17NO2S. The summed E-state index contributed by atoms with van der Waals surface area (Å²) in [6.45, 7) is 0.0638. The third-order valence-electron chi connectivity index (χ3n) is 2.96. The SMILES string of the molecule is CN(C(=O)CSc1ccc(CO)cc1)C1CC1. The van der Waals surface area contributed by atoms with Crippen molar-refractivity contribution in [2.45, 2.75) is 30.4 Å². The van der Waals surface area contributed by atoms with Gasteiger partial charge in [-0.1, -0.05) is 12.1 Å². The van der Waals surface area contributed by atoms with Crippen LogP contribution < -0.4 is 0 Å². The van der Waals surface area contributed by atoms with Crippen molar-refractivity contribution in [1.82, 2.24) is 4.90 Å². The lowest BCUT2D eigenvalue weighted by molar-refractivity contribution is -0.127. The fourth-order valence-corrected chi connectivity index (χ4v) is 2.43. The predicted molar refractivity (Wildman–Crippen MR) is 68.9 cm³/mol. The number of hydrogen-bond donors (Lipinski definition) is 1. The molecule has 0 spiro atoms. The predicted octanol–water partition coefficient (Wildman–Crippen LogP) is 1.89. The Bertz CT molecular complexity index is 387. The average Bonchev–Trinajstić information content (AvgIpc) is 3.20. The summed E-state index contributed by atoms with van der Waals surface area (Å²) in [5, 5.41) is 8.92. The minimum absolute atomic E-state index is 0.0638. The molecule has 0 aromatic heterocycles. The standard InChI is InChI=1S/C13H17NO2S/c1-14(11-4-5-11)13(16)9-17-12-6-2-10(8-15)3-7-12/h2-3,6-7,11,15H,4-5,8-9H2,1H3. The molecule has 1 aliphatic rings. The summed E-state index contributed by atoms with van der Waals surface area (Å²) in [7, 11) is 1.88. The number of nitrogens with zero attached hydrogens (tertiary/aromatic N) is 1. The summed E-state index contributed by atoms with van der Waals surface area (Å²) in [5.74, 6) is 0.689. The largest absolute Gasteiger partial charge is 0.392 e. The molecule has 0 bridgehead atoms. The first-order valence-electron chi connectivity index (χ1n) is 5.79. The molecule has 0 unspecified atom stereocenters. The normalized spacial score (nSPS) is 14.7. The second-order valence-corrected chi connectivity index (χ2v) is 5.38. The maximum atomic E-state index is 11.8. The van der Waals surface area contributed by atoms with Gasteiger partial charge in [-0.25, -0.2) is 0 Å². The summed E-state index contributed by atoms with van der Waals surface area (Å²) >= 11 is 1.55. The molecule has 3 nitrogen and oxygen atoms in total. The first-order valence-corrected chi connectivity index (χ1v) is 6.77. The zero-order chi connectivity index (χ0) is 12.3. The third-order valence-corrected chi connectivity index (χ3v) is 3.95. The minimum atomic E-state index is 0.0638. The molecule has 1 amide bonds. The Balaban J connectivity index is 1.82. The van der Waals surface area contributed by atoms with Crippen LogP contribution in [0, 0.1) is 0 Å². The van der Waals surface area contributed by atoms with E-state index < -0.39 is 0 Å². The second-order valence-electron chi connectivity index (χ2n) is 4.33. The molecule has 0 heterocycles. The van der Waals surface area contributed by atoms with Crippen molar-refractivity contribution in [2.75, 3.05) is 12.8 Å². The quantitative estimate of drug-likeness (QED) is 0.812. The van der Waals surface area contributed by atoms with Crippen molar-refractivity contribution in [1.29, 1.82) is 0 Å². The van der Waals surface area contributed by atoms with E-state index in [0.29, 0.717) is 11.8 Å². The summed E-state index contributed by atoms with van der Waals surface area (Å²) in [4.78, 5) is 14.7. The van der Waals surface area contributed by atoms with Gasteiger partial charge in [0, 0.05) is 18.0 Å². The van der Waals surface area contributed by atoms with Crippen LogP contribution in [-0.4, -0.2) is 34.8 Å². The van der Waals surface area contributed by atoms with Crippen molar-refractivity contribution < 1.29 is 9.90 Å². The summed E-state index contributed by atoms with van der Waals surface area (Å²) in [6, 6.07) is 8.15. The summed E-state index contributed by atoms with van der Waals surface area (Å²) in [5.41, 5.74) is 0.899. The van der Waals surface area contributed by atoms with Crippen LogP contribution in [0.25, 0.3) is 0 Å². The Morgan fingerprint density at radius 2 is 2.06 bits per heavy atom. The molecule has 0 atom stereocenters. The van der Waals surface area contributed by atoms with Gasteiger partial charge in [0.25, 0.3) is 0 Å². The van der Waals surface area contributed by atoms with Crippen molar-refractivity contribution in [3.05, 3.63) is 29.8 Å². The molecule has 17 heavy (non-hydrogen) atoms. The van der Waals surface area contributed by atoms with Crippen molar-refractivity contribution in [3.8, 4) is 0 Å². The van der Waals surface area contributed by atoms with Crippen LogP contribution in [0.3, 0.4) is 0 Å². The topological polar surface area (TPSA) is 40.5 Å². The molecule has 0 aliphatic heterocycles. The minimum Gasteiger partial charge on any atom is -0.392 e. The highest BCUT2D eigenvalue weighted by molar-refractivity contribution is 8.00. The number of carbonyl (C=O) groups excluding carboxylic acids is 1. The highest BCUT2D eigenvalue weighted by Gasteiger charge is 2.29. The molecular weight excluding hydrogens is 234 g/mol. The number of amides is 1. The summed E-state index contributed by atoms with van der Waals surface area (Å²) in [6.07, 6.45) is 2.30. The molecule has 4 heteroatoms. The van der Waals surface area contributed by atoms with E-state index in [1.165, 1.54) is 0 Å². The molecule has 1 fully saturated rings. The van der Waals surface area contributed by atoms with E-state index >= 15 is 0 Å². The molecule has 1 saturated carbocycles. The molecule has 2 rings (SSSR count). The number of benzene rings is 1. The number of carbonyl (C=O) groups is 1. The maximum absolute atomic E-state index is 11.8. The lowest BCUT2D eigenvalue weighted by Gasteiger charge is -2.15. The van der Waals surface area contributed by atoms with Crippen LogP contribution in [0.1, 0.15) is 18.4 Å². The van der Waals surface area contributed by atoms with Crippen LogP contribution in [0.2, 0.25) is 0 Å². The van der Waals surface area contributed by atoms with Crippen molar-refractivity contribution in [2.24, 2.45) is 0 Å². The molecule has 1 aliphatic carbocycles. The third kappa shape index (κ3) is 3.48. The van der Waals surface area contributed by atoms with Gasteiger partial charge in [0.05, 0.1) is 12.4 Å². The van der Waals surface area contributed by atoms with Gasteiger partial charge < -0.3 is 10.0 Å². The van der Waals surface area contributed by atoms with Gasteiger partial charge in [-0.05, 0) is 30.5 Å². The van der Waals surface area contributed by atoms with Crippen molar-refractivity contribution in [3.63, 3.8) is 0 Å². The van der Waals surface area contributed by atoms with Gasteiger partial charge in [0.1, 0.15) is 0 Å². The van der Waals surface area contributed by atoms with Gasteiger partial charge in [0.15, 0.2) is 0 Å². The molecule has 1 aromatic rings. The van der Waals surface area contributed by atoms with E-state index in [9.17, 15) is 4.79 Å². The Morgan fingerprint density at radius 1 is 1.41 bits per heavy atom. The second kappa shape index (κ2) is 5.56. The van der Waals surface area contributed by atoms with E-state index in [1.807, 2.05) is 36.2 Å². The van der Waals surface area contributed by atoms with E-state index in [4.69, 9.17) is 5.11 Å². The zero-order valence-corrected chi connectivity index (χ0v) is 10.7. The number of hydrogen-bond acceptors (Lipinski definition) is 3. The van der Waals surface area contributed by atoms with Gasteiger partial charge in [-0.2, -0.15) is 0 Å². The maximum Gasteiger partial charge on any atom is 0.232 e. The molecule has 0 saturated heterocycles. The van der Waals surface area contributed by atoms with Crippen molar-refractivity contribution >= 4 is 17.7 Å². The first-order chi connectivity index (χ1) is 8.20. The van der Waals surface area contributed by atoms with Crippen LogP contribution in [0.15, 0.2) is 29.2 Å². The number of aliphatic hydroxyl groups excluding tert-OH is 1. The monoisotopic (exact) mass is 251 g/mol. The highest BCUT2D eigenvalue weighted by atomic mass is 32.2. The van der Waals surface area contributed by atoms with Crippen LogP contribution in [0.4, 0.5) is 0 Å². The van der Waals surface area contributed by atoms with Gasteiger partial charge in [0.2, 0.25) is 5.91 Å². The number of aliphatic hydroxyl groups is 1. The lowest BCUT2D eigenvalue weighted by atomic mass is 10.2. The van der Waals surface area contributed by atoms with E-state index in [2.05, 4.69) is 0 Å². The molecule has 1 aromatic carbocycles. The van der Waals surface area contributed by atoms with Gasteiger partial charge >= 0.3 is 0 Å². The van der Waals surface area contributed by atoms with Gasteiger partial charge in [-0.3, -0.25) is 4.79 Å². The smallest absolute Gasteiger partial charge is 0.232 e. The van der Waals surface area contributed by atoms with E-state index in [-0.39, 0.29) is 12.5 Å². The van der Waals surface area contributed by atoms with Crippen LogP contribution in [-0.2, 0) is 11.4 Å². The number of thioether (sulfide) groups is 1. The van der Waals surface area contributed by atoms with E-state index in [1.54, 1.807) is 11.8 Å². The average molecular weight is 251 g/mol. The van der Waals surface area contributed by atoms with Crippen LogP contribution in [0.5, 0.6) is 0 Å². The summed E-state index contributed by atoms with van der Waals surface area (Å²) < 4.78 is 0.